The van der Waals surface area contributed by atoms with Crippen molar-refractivity contribution in [1.82, 2.24) is 30.1 Å². The van der Waals surface area contributed by atoms with Gasteiger partial charge in [-0.25, -0.2) is 21.5 Å². The van der Waals surface area contributed by atoms with E-state index in [1.165, 1.54) is 21.7 Å². The molecular weight excluding hydrogens is 1490 g/mol. The molecule has 1 aromatic rings. The van der Waals surface area contributed by atoms with Crippen molar-refractivity contribution < 1.29 is 306 Å². The maximum atomic E-state index is 13.7. The number of ether oxygens (including phenoxy) is 8. The van der Waals surface area contributed by atoms with Gasteiger partial charge in [0.1, 0.15) is 42.7 Å². The number of imide groups is 1. The van der Waals surface area contributed by atoms with Gasteiger partial charge in [0.2, 0.25) is 44.4 Å². The first-order chi connectivity index (χ1) is 44.2. The molecule has 11 N–H and O–H groups in total. The molecule has 19 atom stereocenters. The second-order valence-corrected chi connectivity index (χ2v) is 23.2. The number of likely N-dealkylation sites (tertiary alicyclic amines) is 1. The van der Waals surface area contributed by atoms with Crippen LogP contribution in [0.3, 0.4) is 0 Å². The number of carbonyl (C=O) groups excluding carboxylic acids is 5. The summed E-state index contributed by atoms with van der Waals surface area (Å²) in [5, 5.41) is 84.6. The van der Waals surface area contributed by atoms with Gasteiger partial charge in [-0.2, -0.15) is 0 Å². The summed E-state index contributed by atoms with van der Waals surface area (Å²) in [6, 6.07) is -2.81. The molecule has 0 saturated carbocycles. The summed E-state index contributed by atoms with van der Waals surface area (Å²) in [7, 11) is -16.1. The third-order valence-corrected chi connectivity index (χ3v) is 14.0. The zero-order valence-corrected chi connectivity index (χ0v) is 68.4. The monoisotopic (exact) mass is 1560 g/mol. The number of unbranched alkanes of at least 4 members (excludes halogenated alkanes) is 4. The number of carboxylic acid groups (broad SMARTS) is 1. The van der Waals surface area contributed by atoms with Crippen LogP contribution in [0.25, 0.3) is 11.5 Å². The maximum absolute atomic E-state index is 13.7. The van der Waals surface area contributed by atoms with Crippen LogP contribution >= 0.6 is 0 Å². The number of amides is 4. The van der Waals surface area contributed by atoms with Crippen molar-refractivity contribution >= 4 is 71.6 Å². The summed E-state index contributed by atoms with van der Waals surface area (Å²) in [4.78, 5) is 67.9. The van der Waals surface area contributed by atoms with E-state index in [2.05, 4.69) is 42.6 Å². The number of hydrogen-bond donors (Lipinski definition) is 9. The normalized spacial score (nSPS) is 28.7. The maximum Gasteiger partial charge on any atom is 1.00 e. The van der Waals surface area contributed by atoms with Crippen molar-refractivity contribution in [1.29, 1.82) is 0 Å². The van der Waals surface area contributed by atoms with Crippen LogP contribution < -0.4 is 158 Å². The number of hydrogen-bond acceptors (Lipinski definition) is 34. The molecule has 5 saturated heterocycles. The third-order valence-electron chi connectivity index (χ3n) is 14.0. The van der Waals surface area contributed by atoms with Crippen LogP contribution in [0.1, 0.15) is 57.1 Å². The van der Waals surface area contributed by atoms with Gasteiger partial charge in [0.25, 0.3) is 0 Å². The van der Waals surface area contributed by atoms with E-state index in [0.29, 0.717) is 50.8 Å². The van der Waals surface area contributed by atoms with Crippen LogP contribution in [0.5, 0.6) is 0 Å². The SMILES string of the molecule is C=C[C@@H]1O[C@H](C=C)[C@@H]2C(=O)N(CCCCCN(Cc3cn(CCOCCO[C@@H]4OC(C(=O)[O-])[C@@H](O[C@H]5OC([CH2-])[C@@H](O)[C@H](O)C5[NH-])[C@H](O)C4O)nn3)C(=O)CCC(=O)NCCCCCO[C@H]3OC([CH2-])[C@@H](O)[C@H](O)C3[NH-])C(=O)[C@@H]21.O=S(=O)([O-])O.O=S(=O)([O-])O.O=S(=O)=O.O=S(=O)=O.[Na+].[Na+].[Na+].[Na+].[Na+]. The van der Waals surface area contributed by atoms with E-state index in [9.17, 15) is 59.7 Å². The van der Waals surface area contributed by atoms with E-state index in [1.54, 1.807) is 11.1 Å². The van der Waals surface area contributed by atoms with E-state index in [1.807, 2.05) is 0 Å². The molecule has 100 heavy (non-hydrogen) atoms. The van der Waals surface area contributed by atoms with Crippen LogP contribution in [0.2, 0.25) is 0 Å². The van der Waals surface area contributed by atoms with Gasteiger partial charge in [-0.3, -0.25) is 33.2 Å². The van der Waals surface area contributed by atoms with Crippen LogP contribution in [-0.2, 0) is 117 Å². The van der Waals surface area contributed by atoms with Crippen LogP contribution in [0.4, 0.5) is 0 Å². The molecule has 51 heteroatoms. The van der Waals surface area contributed by atoms with Gasteiger partial charge in [0, 0.05) is 39.1 Å². The summed E-state index contributed by atoms with van der Waals surface area (Å²) < 4.78 is 162. The Kier molecular flexibility index (Phi) is 56.5. The summed E-state index contributed by atoms with van der Waals surface area (Å²) >= 11 is 0. The molecule has 4 amide bonds. The molecule has 5 aliphatic heterocycles. The first-order valence-electron chi connectivity index (χ1n) is 28.1. The fourth-order valence-electron chi connectivity index (χ4n) is 9.57. The van der Waals surface area contributed by atoms with Gasteiger partial charge in [-0.15, -0.1) is 43.5 Å². The molecule has 0 bridgehead atoms. The molecule has 0 spiro atoms. The molecule has 5 fully saturated rings. The van der Waals surface area contributed by atoms with E-state index in [4.69, 9.17) is 110 Å². The van der Waals surface area contributed by atoms with Crippen molar-refractivity contribution in [3.8, 4) is 0 Å². The Balaban J connectivity index is -0.00000178. The van der Waals surface area contributed by atoms with Crippen LogP contribution in [0, 0.1) is 25.7 Å². The number of nitrogens with zero attached hydrogens (tertiary/aromatic N) is 5. The van der Waals surface area contributed by atoms with Crippen LogP contribution in [0.15, 0.2) is 31.5 Å². The molecule has 0 aromatic carbocycles. The number of aliphatic hydroxyl groups excluding tert-OH is 6. The van der Waals surface area contributed by atoms with Gasteiger partial charge in [0.15, 0.2) is 6.29 Å². The molecule has 6 rings (SSSR count). The molecule has 0 aliphatic carbocycles. The minimum Gasteiger partial charge on any atom is -0.726 e. The zero-order valence-electron chi connectivity index (χ0n) is 55.1. The number of carboxylic acids is 1. The van der Waals surface area contributed by atoms with Crippen molar-refractivity contribution in [2.45, 2.75) is 169 Å². The topological polar surface area (TPSA) is 658 Å². The molecule has 1 aromatic heterocycles. The molecule has 6 unspecified atom stereocenters. The predicted molar refractivity (Wildman–Crippen MR) is 304 cm³/mol. The first kappa shape index (κ1) is 106. The number of aromatic nitrogens is 3. The van der Waals surface area contributed by atoms with Gasteiger partial charge >= 0.3 is 169 Å². The first-order valence-corrected chi connectivity index (χ1v) is 32.9. The number of rotatable bonds is 30. The molecule has 5 aliphatic rings. The van der Waals surface area contributed by atoms with E-state index in [-0.39, 0.29) is 237 Å². The fourth-order valence-corrected chi connectivity index (χ4v) is 9.57. The molecular formula is C49H75N8Na5O34S4-2. The number of fused-ring (bicyclic) bond motifs is 1. The smallest absolute Gasteiger partial charge is 0.726 e. The molecule has 42 nitrogen and oxygen atoms in total. The Morgan fingerprint density at radius 2 is 1.14 bits per heavy atom. The minimum atomic E-state index is -4.92. The van der Waals surface area contributed by atoms with Gasteiger partial charge in [-0.05, 0) is 50.7 Å². The Bertz CT molecular complexity index is 3010. The Hall–Kier alpha value is -0.490. The average Bonchev–Trinajstić information content (AvgIpc) is 1.57. The summed E-state index contributed by atoms with van der Waals surface area (Å²) in [6.07, 6.45) is -13.4. The minimum absolute atomic E-state index is 0. The Labute approximate surface area is 688 Å². The van der Waals surface area contributed by atoms with Crippen LogP contribution in [-0.4, -0.2) is 296 Å². The van der Waals surface area contributed by atoms with E-state index >= 15 is 0 Å². The summed E-state index contributed by atoms with van der Waals surface area (Å²) in [6.45, 7) is 15.6. The largest absolute Gasteiger partial charge is 1.00 e. The predicted octanol–water partition coefficient (Wildman–Crippen LogP) is -22.4. The van der Waals surface area contributed by atoms with Crippen molar-refractivity contribution in [2.75, 3.05) is 46.1 Å². The molecule has 546 valence electrons. The van der Waals surface area contributed by atoms with Gasteiger partial charge in [-0.1, -0.05) is 29.4 Å². The summed E-state index contributed by atoms with van der Waals surface area (Å²) in [5.74, 6) is -4.43. The third kappa shape index (κ3) is 39.0. The van der Waals surface area contributed by atoms with E-state index < -0.39 is 164 Å². The molecule has 0 radical (unpaired) electrons. The standard InChI is InChI=1S/C49H74N8O20.5Na.2H2O4S.2O3S/c1-5-28-32-33(29(6-2)75-28)45(67)57(44(32)66)17-11-8-10-16-55(31(59)14-13-30(58)52-15-9-7-12-19-71-47-34(50)38(62)36(60)25(3)73-47)23-27-24-56(54-53-27)18-20-70-21-22-72-49-41(65)40(64)42(43(77-49)46(68)69)76-48-35(51)39(63)37(61)26(4)74-48;;;;;;2*1-5(2,3)4;2*1-4(2)3/h5-6,24-26,28-29,32-43,47-51,60-65H,1-4,7-23H2,(H,52,58)(H,68,69);;;;;;2*(H2,1,2,3,4);;/q-4;5*+1;;;;/p-3/t25?,26?,28-,29+,32+,33-,34?,35?,36-,37-,38-,39-,40-,41?,42+,43?,47+,48-,49-;;;;;;;;;/m1........./s1. The zero-order chi connectivity index (χ0) is 72.2. The van der Waals surface area contributed by atoms with Crippen molar-refractivity contribution in [3.05, 3.63) is 62.5 Å². The molecule has 6 heterocycles. The number of nitrogens with one attached hydrogen (secondary N) is 3. The summed E-state index contributed by atoms with van der Waals surface area (Å²) in [5.41, 5.74) is 16.5. The number of aliphatic carboxylic acids is 1. The fraction of sp³-hybridized carbons (Fsp3) is 0.735. The van der Waals surface area contributed by atoms with Gasteiger partial charge < -0.3 is 123 Å². The van der Waals surface area contributed by atoms with E-state index in [0.717, 1.165) is 0 Å². The quantitative estimate of drug-likeness (QED) is 0.00657. The Morgan fingerprint density at radius 1 is 0.660 bits per heavy atom. The second kappa shape index (κ2) is 53.3. The number of carbonyl (C=O) groups is 5. The number of aliphatic hydroxyl groups is 6. The van der Waals surface area contributed by atoms with Crippen molar-refractivity contribution in [2.24, 2.45) is 11.8 Å². The average molecular weight is 1560 g/mol. The van der Waals surface area contributed by atoms with Crippen molar-refractivity contribution in [3.63, 3.8) is 0 Å². The Morgan fingerprint density at radius 3 is 1.64 bits per heavy atom. The second-order valence-electron chi connectivity index (χ2n) is 20.7. The van der Waals surface area contributed by atoms with Gasteiger partial charge in [0.05, 0.1) is 93.5 Å².